The van der Waals surface area contributed by atoms with Crippen LogP contribution in [0.5, 0.6) is 5.75 Å². The van der Waals surface area contributed by atoms with Gasteiger partial charge in [-0.3, -0.25) is 4.90 Å². The van der Waals surface area contributed by atoms with E-state index in [0.29, 0.717) is 12.1 Å². The second-order valence-corrected chi connectivity index (χ2v) is 6.55. The van der Waals surface area contributed by atoms with Gasteiger partial charge in [-0.1, -0.05) is 6.07 Å². The van der Waals surface area contributed by atoms with E-state index in [4.69, 9.17) is 10.5 Å². The van der Waals surface area contributed by atoms with Gasteiger partial charge in [-0.2, -0.15) is 0 Å². The standard InChI is InChI=1S/C17H27N3O/c1-12-11-19(2)8-9-20(12)16-7-5-13-4-6-14(21-3)10-15(13)17(16)18/h4,6,10,12,16-17H,5,7-9,11,18H2,1-3H3. The van der Waals surface area contributed by atoms with Crippen molar-refractivity contribution < 1.29 is 4.74 Å². The Morgan fingerprint density at radius 3 is 2.81 bits per heavy atom. The van der Waals surface area contributed by atoms with Crippen molar-refractivity contribution in [1.82, 2.24) is 9.80 Å². The van der Waals surface area contributed by atoms with Gasteiger partial charge in [0.05, 0.1) is 7.11 Å². The summed E-state index contributed by atoms with van der Waals surface area (Å²) < 4.78 is 5.37. The third-order valence-corrected chi connectivity index (χ3v) is 5.14. The van der Waals surface area contributed by atoms with Gasteiger partial charge in [0.25, 0.3) is 0 Å². The average molecular weight is 289 g/mol. The van der Waals surface area contributed by atoms with Crippen LogP contribution in [0.4, 0.5) is 0 Å². The molecule has 2 N–H and O–H groups in total. The molecule has 1 heterocycles. The zero-order valence-electron chi connectivity index (χ0n) is 13.4. The zero-order chi connectivity index (χ0) is 15.0. The molecule has 1 aliphatic carbocycles. The molecule has 3 atom stereocenters. The van der Waals surface area contributed by atoms with E-state index in [0.717, 1.165) is 38.2 Å². The summed E-state index contributed by atoms with van der Waals surface area (Å²) in [4.78, 5) is 5.03. The SMILES string of the molecule is COc1ccc2c(c1)C(N)C(N1CCN(C)CC1C)CC2. The number of hydrogen-bond acceptors (Lipinski definition) is 4. The fourth-order valence-corrected chi connectivity index (χ4v) is 3.95. The number of benzene rings is 1. The summed E-state index contributed by atoms with van der Waals surface area (Å²) in [6.07, 6.45) is 2.28. The summed E-state index contributed by atoms with van der Waals surface area (Å²) in [7, 11) is 3.92. The van der Waals surface area contributed by atoms with E-state index in [1.165, 1.54) is 11.1 Å². The van der Waals surface area contributed by atoms with E-state index in [-0.39, 0.29) is 6.04 Å². The summed E-state index contributed by atoms with van der Waals surface area (Å²) in [6, 6.07) is 7.48. The van der Waals surface area contributed by atoms with Crippen LogP contribution in [0.1, 0.15) is 30.5 Å². The van der Waals surface area contributed by atoms with Crippen molar-refractivity contribution in [3.8, 4) is 5.75 Å². The van der Waals surface area contributed by atoms with Crippen LogP contribution in [0.15, 0.2) is 18.2 Å². The van der Waals surface area contributed by atoms with Gasteiger partial charge >= 0.3 is 0 Å². The largest absolute Gasteiger partial charge is 0.497 e. The average Bonchev–Trinajstić information content (AvgIpc) is 2.48. The normalized spacial score (nSPS) is 31.0. The molecule has 21 heavy (non-hydrogen) atoms. The molecule has 116 valence electrons. The molecular weight excluding hydrogens is 262 g/mol. The van der Waals surface area contributed by atoms with Crippen molar-refractivity contribution in [3.63, 3.8) is 0 Å². The third-order valence-electron chi connectivity index (χ3n) is 5.14. The predicted octanol–water partition coefficient (Wildman–Crippen LogP) is 1.65. The second-order valence-electron chi connectivity index (χ2n) is 6.55. The lowest BCUT2D eigenvalue weighted by molar-refractivity contribution is 0.0438. The van der Waals surface area contributed by atoms with E-state index >= 15 is 0 Å². The number of fused-ring (bicyclic) bond motifs is 1. The number of rotatable bonds is 2. The number of aryl methyl sites for hydroxylation is 1. The number of nitrogens with two attached hydrogens (primary N) is 1. The lowest BCUT2D eigenvalue weighted by Crippen LogP contribution is -2.57. The van der Waals surface area contributed by atoms with Gasteiger partial charge in [-0.15, -0.1) is 0 Å². The molecule has 4 nitrogen and oxygen atoms in total. The maximum absolute atomic E-state index is 6.63. The molecule has 1 aliphatic heterocycles. The first-order valence-corrected chi connectivity index (χ1v) is 7.97. The fraction of sp³-hybridized carbons (Fsp3) is 0.647. The van der Waals surface area contributed by atoms with Crippen molar-refractivity contribution in [2.24, 2.45) is 5.73 Å². The number of piperazine rings is 1. The first-order valence-electron chi connectivity index (χ1n) is 7.97. The van der Waals surface area contributed by atoms with Gasteiger partial charge < -0.3 is 15.4 Å². The molecule has 1 aromatic carbocycles. The molecule has 0 aromatic heterocycles. The number of likely N-dealkylation sites (N-methyl/N-ethyl adjacent to an activating group) is 1. The maximum atomic E-state index is 6.63. The summed E-state index contributed by atoms with van der Waals surface area (Å²) in [5, 5.41) is 0. The topological polar surface area (TPSA) is 41.7 Å². The molecule has 3 rings (SSSR count). The highest BCUT2D eigenvalue weighted by Gasteiger charge is 2.35. The smallest absolute Gasteiger partial charge is 0.119 e. The van der Waals surface area contributed by atoms with E-state index in [1.54, 1.807) is 7.11 Å². The Morgan fingerprint density at radius 1 is 1.29 bits per heavy atom. The molecule has 1 fully saturated rings. The number of nitrogens with zero attached hydrogens (tertiary/aromatic N) is 2. The molecule has 0 saturated carbocycles. The molecule has 0 spiro atoms. The fourth-order valence-electron chi connectivity index (χ4n) is 3.95. The quantitative estimate of drug-likeness (QED) is 0.899. The van der Waals surface area contributed by atoms with Crippen LogP contribution in [-0.2, 0) is 6.42 Å². The first-order chi connectivity index (χ1) is 10.1. The number of ether oxygens (including phenoxy) is 1. The highest BCUT2D eigenvalue weighted by molar-refractivity contribution is 5.40. The van der Waals surface area contributed by atoms with Gasteiger partial charge in [0.2, 0.25) is 0 Å². The monoisotopic (exact) mass is 289 g/mol. The Labute approximate surface area is 127 Å². The van der Waals surface area contributed by atoms with Crippen LogP contribution < -0.4 is 10.5 Å². The summed E-state index contributed by atoms with van der Waals surface area (Å²) >= 11 is 0. The molecule has 0 amide bonds. The van der Waals surface area contributed by atoms with E-state index in [2.05, 4.69) is 35.9 Å². The molecule has 1 saturated heterocycles. The molecule has 3 unspecified atom stereocenters. The minimum atomic E-state index is 0.0923. The molecule has 0 radical (unpaired) electrons. The second kappa shape index (κ2) is 5.95. The van der Waals surface area contributed by atoms with Gasteiger partial charge in [-0.05, 0) is 50.1 Å². The zero-order valence-corrected chi connectivity index (χ0v) is 13.4. The molecule has 4 heteroatoms. The van der Waals surface area contributed by atoms with Gasteiger partial charge in [-0.25, -0.2) is 0 Å². The molecule has 0 bridgehead atoms. The van der Waals surface area contributed by atoms with Gasteiger partial charge in [0.1, 0.15) is 5.75 Å². The molecule has 1 aromatic rings. The van der Waals surface area contributed by atoms with Crippen LogP contribution in [0, 0.1) is 0 Å². The molecular formula is C17H27N3O. The van der Waals surface area contributed by atoms with E-state index in [1.807, 2.05) is 6.07 Å². The highest BCUT2D eigenvalue weighted by Crippen LogP contribution is 2.35. The third kappa shape index (κ3) is 2.80. The van der Waals surface area contributed by atoms with Crippen LogP contribution in [0.2, 0.25) is 0 Å². The van der Waals surface area contributed by atoms with Crippen molar-refractivity contribution in [2.45, 2.75) is 37.9 Å². The van der Waals surface area contributed by atoms with E-state index < -0.39 is 0 Å². The van der Waals surface area contributed by atoms with Gasteiger partial charge in [0, 0.05) is 37.8 Å². The van der Waals surface area contributed by atoms with Gasteiger partial charge in [0.15, 0.2) is 0 Å². The van der Waals surface area contributed by atoms with Crippen LogP contribution >= 0.6 is 0 Å². The minimum Gasteiger partial charge on any atom is -0.497 e. The highest BCUT2D eigenvalue weighted by atomic mass is 16.5. The van der Waals surface area contributed by atoms with E-state index in [9.17, 15) is 0 Å². The predicted molar refractivity (Wildman–Crippen MR) is 85.7 cm³/mol. The number of hydrogen-bond donors (Lipinski definition) is 1. The Balaban J connectivity index is 1.82. The summed E-state index contributed by atoms with van der Waals surface area (Å²) in [6.45, 7) is 5.71. The maximum Gasteiger partial charge on any atom is 0.119 e. The Hall–Kier alpha value is -1.10. The van der Waals surface area contributed by atoms with Crippen molar-refractivity contribution in [2.75, 3.05) is 33.8 Å². The lowest BCUT2D eigenvalue weighted by Gasteiger charge is -2.46. The van der Waals surface area contributed by atoms with Crippen LogP contribution in [0.25, 0.3) is 0 Å². The van der Waals surface area contributed by atoms with Crippen LogP contribution in [-0.4, -0.2) is 55.7 Å². The summed E-state index contributed by atoms with van der Waals surface area (Å²) in [5.74, 6) is 0.913. The van der Waals surface area contributed by atoms with Crippen molar-refractivity contribution >= 4 is 0 Å². The Kier molecular flexibility index (Phi) is 4.20. The van der Waals surface area contributed by atoms with Crippen molar-refractivity contribution in [3.05, 3.63) is 29.3 Å². The number of methoxy groups -OCH3 is 1. The Bertz CT molecular complexity index is 505. The first kappa shape index (κ1) is 14.8. The Morgan fingerprint density at radius 2 is 2.10 bits per heavy atom. The lowest BCUT2D eigenvalue weighted by atomic mass is 9.83. The molecule has 2 aliphatic rings. The summed E-state index contributed by atoms with van der Waals surface area (Å²) in [5.41, 5.74) is 9.30. The van der Waals surface area contributed by atoms with Crippen LogP contribution in [0.3, 0.4) is 0 Å². The minimum absolute atomic E-state index is 0.0923. The van der Waals surface area contributed by atoms with Crippen molar-refractivity contribution in [1.29, 1.82) is 0 Å².